The Morgan fingerprint density at radius 2 is 1.50 bits per heavy atom. The van der Waals surface area contributed by atoms with Crippen molar-refractivity contribution in [2.45, 2.75) is 40.0 Å². The van der Waals surface area contributed by atoms with Crippen molar-refractivity contribution >= 4 is 5.57 Å². The van der Waals surface area contributed by atoms with E-state index in [9.17, 15) is 0 Å². The molecule has 0 aliphatic heterocycles. The standard InChI is InChI=1S/C20H24/c1-14-7-9-17(10-8-14)16(3)19-12-11-18(13-15(19)2)20(4,5)6/h7-13H,3H2,1-2,4-6H3. The van der Waals surface area contributed by atoms with Crippen LogP contribution in [0.5, 0.6) is 0 Å². The average molecular weight is 264 g/mol. The second kappa shape index (κ2) is 5.28. The zero-order chi connectivity index (χ0) is 14.9. The van der Waals surface area contributed by atoms with Gasteiger partial charge in [0.1, 0.15) is 0 Å². The first-order chi connectivity index (χ1) is 9.29. The first-order valence-corrected chi connectivity index (χ1v) is 7.16. The van der Waals surface area contributed by atoms with Crippen LogP contribution in [0.3, 0.4) is 0 Å². The molecule has 2 aromatic rings. The van der Waals surface area contributed by atoms with Crippen LogP contribution in [-0.2, 0) is 5.41 Å². The van der Waals surface area contributed by atoms with E-state index in [1.165, 1.54) is 27.8 Å². The molecule has 0 atom stereocenters. The smallest absolute Gasteiger partial charge is 0.0132 e. The van der Waals surface area contributed by atoms with Crippen molar-refractivity contribution in [3.63, 3.8) is 0 Å². The summed E-state index contributed by atoms with van der Waals surface area (Å²) in [6.07, 6.45) is 0. The highest BCUT2D eigenvalue weighted by molar-refractivity contribution is 5.79. The summed E-state index contributed by atoms with van der Waals surface area (Å²) in [5, 5.41) is 0. The molecule has 104 valence electrons. The van der Waals surface area contributed by atoms with Crippen molar-refractivity contribution in [1.82, 2.24) is 0 Å². The maximum absolute atomic E-state index is 4.28. The molecular weight excluding hydrogens is 240 g/mol. The van der Waals surface area contributed by atoms with Crippen LogP contribution in [0.15, 0.2) is 49.0 Å². The van der Waals surface area contributed by atoms with E-state index in [4.69, 9.17) is 0 Å². The van der Waals surface area contributed by atoms with Crippen LogP contribution in [0, 0.1) is 13.8 Å². The minimum atomic E-state index is 0.189. The predicted molar refractivity (Wildman–Crippen MR) is 89.2 cm³/mol. The first kappa shape index (κ1) is 14.6. The monoisotopic (exact) mass is 264 g/mol. The van der Waals surface area contributed by atoms with Gasteiger partial charge < -0.3 is 0 Å². The van der Waals surface area contributed by atoms with Crippen LogP contribution in [0.2, 0.25) is 0 Å². The highest BCUT2D eigenvalue weighted by atomic mass is 14.2. The molecule has 0 aromatic heterocycles. The summed E-state index contributed by atoms with van der Waals surface area (Å²) >= 11 is 0. The number of benzene rings is 2. The number of hydrogen-bond acceptors (Lipinski definition) is 0. The Kier molecular flexibility index (Phi) is 3.85. The minimum absolute atomic E-state index is 0.189. The largest absolute Gasteiger partial charge is 0.0905 e. The third-order valence-electron chi connectivity index (χ3n) is 3.82. The van der Waals surface area contributed by atoms with Gasteiger partial charge >= 0.3 is 0 Å². The molecule has 0 radical (unpaired) electrons. The van der Waals surface area contributed by atoms with Crippen LogP contribution in [-0.4, -0.2) is 0 Å². The van der Waals surface area contributed by atoms with Gasteiger partial charge in [-0.15, -0.1) is 0 Å². The molecule has 0 unspecified atom stereocenters. The summed E-state index contributed by atoms with van der Waals surface area (Å²) < 4.78 is 0. The lowest BCUT2D eigenvalue weighted by molar-refractivity contribution is 0.589. The second-order valence-electron chi connectivity index (χ2n) is 6.62. The number of aryl methyl sites for hydroxylation is 2. The van der Waals surface area contributed by atoms with Gasteiger partial charge in [0.15, 0.2) is 0 Å². The molecule has 0 aliphatic carbocycles. The third-order valence-corrected chi connectivity index (χ3v) is 3.82. The van der Waals surface area contributed by atoms with Crippen molar-refractivity contribution in [3.8, 4) is 0 Å². The van der Waals surface area contributed by atoms with E-state index in [0.29, 0.717) is 0 Å². The lowest BCUT2D eigenvalue weighted by Gasteiger charge is -2.21. The Bertz CT molecular complexity index is 622. The molecule has 0 nitrogen and oxygen atoms in total. The van der Waals surface area contributed by atoms with Crippen LogP contribution < -0.4 is 0 Å². The van der Waals surface area contributed by atoms with Gasteiger partial charge in [0, 0.05) is 0 Å². The van der Waals surface area contributed by atoms with Crippen molar-refractivity contribution < 1.29 is 0 Å². The normalized spacial score (nSPS) is 11.4. The fraction of sp³-hybridized carbons (Fsp3) is 0.300. The van der Waals surface area contributed by atoms with E-state index in [-0.39, 0.29) is 5.41 Å². The van der Waals surface area contributed by atoms with Crippen molar-refractivity contribution in [1.29, 1.82) is 0 Å². The van der Waals surface area contributed by atoms with Crippen LogP contribution in [0.1, 0.15) is 48.6 Å². The minimum Gasteiger partial charge on any atom is -0.0905 e. The van der Waals surface area contributed by atoms with Gasteiger partial charge in [-0.05, 0) is 47.1 Å². The maximum atomic E-state index is 4.28. The third kappa shape index (κ3) is 3.01. The molecule has 0 fully saturated rings. The molecule has 2 rings (SSSR count). The fourth-order valence-corrected chi connectivity index (χ4v) is 2.38. The zero-order valence-corrected chi connectivity index (χ0v) is 13.2. The van der Waals surface area contributed by atoms with E-state index >= 15 is 0 Å². The Labute approximate surface area is 123 Å². The molecule has 0 heterocycles. The summed E-state index contributed by atoms with van der Waals surface area (Å²) in [5.41, 5.74) is 7.67. The molecule has 0 amide bonds. The van der Waals surface area contributed by atoms with Crippen molar-refractivity contribution in [2.24, 2.45) is 0 Å². The molecule has 20 heavy (non-hydrogen) atoms. The molecule has 0 N–H and O–H groups in total. The molecule has 0 bridgehead atoms. The second-order valence-corrected chi connectivity index (χ2v) is 6.62. The van der Waals surface area contributed by atoms with Gasteiger partial charge in [-0.3, -0.25) is 0 Å². The molecule has 0 aliphatic rings. The van der Waals surface area contributed by atoms with E-state index < -0.39 is 0 Å². The van der Waals surface area contributed by atoms with Crippen molar-refractivity contribution in [3.05, 3.63) is 76.9 Å². The van der Waals surface area contributed by atoms with Gasteiger partial charge in [0.05, 0.1) is 0 Å². The van der Waals surface area contributed by atoms with Gasteiger partial charge in [-0.1, -0.05) is 75.4 Å². The number of rotatable bonds is 2. The zero-order valence-electron chi connectivity index (χ0n) is 13.2. The van der Waals surface area contributed by atoms with Gasteiger partial charge in [-0.2, -0.15) is 0 Å². The summed E-state index contributed by atoms with van der Waals surface area (Å²) in [5.74, 6) is 0. The van der Waals surface area contributed by atoms with Crippen LogP contribution >= 0.6 is 0 Å². The van der Waals surface area contributed by atoms with Crippen molar-refractivity contribution in [2.75, 3.05) is 0 Å². The Balaban J connectivity index is 2.38. The average Bonchev–Trinajstić information content (AvgIpc) is 2.37. The summed E-state index contributed by atoms with van der Waals surface area (Å²) in [7, 11) is 0. The molecule has 0 spiro atoms. The van der Waals surface area contributed by atoms with Crippen LogP contribution in [0.4, 0.5) is 0 Å². The Morgan fingerprint density at radius 1 is 0.900 bits per heavy atom. The summed E-state index contributed by atoms with van der Waals surface area (Å²) in [6.45, 7) is 15.3. The Hall–Kier alpha value is -1.82. The molecule has 0 heteroatoms. The first-order valence-electron chi connectivity index (χ1n) is 7.16. The summed E-state index contributed by atoms with van der Waals surface area (Å²) in [6, 6.07) is 15.3. The van der Waals surface area contributed by atoms with Gasteiger partial charge in [0.2, 0.25) is 0 Å². The SMILES string of the molecule is C=C(c1ccc(C)cc1)c1ccc(C(C)(C)C)cc1C. The lowest BCUT2D eigenvalue weighted by Crippen LogP contribution is -2.11. The van der Waals surface area contributed by atoms with E-state index in [2.05, 4.69) is 83.7 Å². The molecule has 0 saturated heterocycles. The highest BCUT2D eigenvalue weighted by Crippen LogP contribution is 2.29. The lowest BCUT2D eigenvalue weighted by atomic mass is 9.84. The molecule has 2 aromatic carbocycles. The quantitative estimate of drug-likeness (QED) is 0.656. The Morgan fingerprint density at radius 3 is 2.00 bits per heavy atom. The van der Waals surface area contributed by atoms with Crippen LogP contribution in [0.25, 0.3) is 5.57 Å². The number of hydrogen-bond donors (Lipinski definition) is 0. The highest BCUT2D eigenvalue weighted by Gasteiger charge is 2.15. The van der Waals surface area contributed by atoms with E-state index in [1.54, 1.807) is 0 Å². The fourth-order valence-electron chi connectivity index (χ4n) is 2.38. The molecule has 0 saturated carbocycles. The maximum Gasteiger partial charge on any atom is -0.0132 e. The van der Waals surface area contributed by atoms with E-state index in [1.807, 2.05) is 0 Å². The molecular formula is C20H24. The van der Waals surface area contributed by atoms with E-state index in [0.717, 1.165) is 5.57 Å². The topological polar surface area (TPSA) is 0 Å². The van der Waals surface area contributed by atoms with Gasteiger partial charge in [-0.25, -0.2) is 0 Å². The van der Waals surface area contributed by atoms with Gasteiger partial charge in [0.25, 0.3) is 0 Å². The summed E-state index contributed by atoms with van der Waals surface area (Å²) in [4.78, 5) is 0. The predicted octanol–water partition coefficient (Wildman–Crippen LogP) is 5.66.